The maximum absolute atomic E-state index is 13.1. The molecule has 7 nitrogen and oxygen atoms in total. The summed E-state index contributed by atoms with van der Waals surface area (Å²) in [6, 6.07) is 10.8. The van der Waals surface area contributed by atoms with E-state index in [4.69, 9.17) is 4.74 Å². The number of aromatic nitrogens is 1. The van der Waals surface area contributed by atoms with Gasteiger partial charge in [-0.05, 0) is 67.3 Å². The van der Waals surface area contributed by atoms with Crippen LogP contribution in [0.4, 0.5) is 10.1 Å². The summed E-state index contributed by atoms with van der Waals surface area (Å²) in [4.78, 5) is 16.7. The zero-order chi connectivity index (χ0) is 22.0. The van der Waals surface area contributed by atoms with Gasteiger partial charge in [0.1, 0.15) is 20.8 Å². The van der Waals surface area contributed by atoms with Gasteiger partial charge in [0.25, 0.3) is 5.91 Å². The van der Waals surface area contributed by atoms with E-state index < -0.39 is 21.2 Å². The minimum Gasteiger partial charge on any atom is -0.495 e. The Morgan fingerprint density at radius 2 is 1.97 bits per heavy atom. The van der Waals surface area contributed by atoms with Crippen molar-refractivity contribution in [1.29, 1.82) is 0 Å². The second-order valence-corrected chi connectivity index (χ2v) is 10.9. The van der Waals surface area contributed by atoms with Crippen LogP contribution in [-0.4, -0.2) is 31.7 Å². The van der Waals surface area contributed by atoms with Gasteiger partial charge in [-0.15, -0.1) is 11.3 Å². The molecule has 1 saturated carbocycles. The molecule has 0 saturated heterocycles. The van der Waals surface area contributed by atoms with Crippen molar-refractivity contribution >= 4 is 44.9 Å². The number of nitrogens with zero attached hydrogens (tertiary/aromatic N) is 1. The summed E-state index contributed by atoms with van der Waals surface area (Å²) in [6.07, 6.45) is 2.86. The molecule has 1 heterocycles. The highest BCUT2D eigenvalue weighted by Gasteiger charge is 2.37. The molecular weight excluding hydrogens is 461 g/mol. The van der Waals surface area contributed by atoms with Gasteiger partial charge in [0, 0.05) is 11.1 Å². The van der Waals surface area contributed by atoms with E-state index in [1.54, 1.807) is 24.4 Å². The van der Waals surface area contributed by atoms with Crippen LogP contribution in [0.15, 0.2) is 52.9 Å². The monoisotopic (exact) mass is 479 g/mol. The van der Waals surface area contributed by atoms with Crippen molar-refractivity contribution in [2.75, 3.05) is 11.8 Å². The van der Waals surface area contributed by atoms with Crippen LogP contribution in [0.1, 0.15) is 23.2 Å². The van der Waals surface area contributed by atoms with E-state index in [-0.39, 0.29) is 11.4 Å². The van der Waals surface area contributed by atoms with Crippen LogP contribution in [0.2, 0.25) is 0 Å². The molecule has 31 heavy (non-hydrogen) atoms. The minimum atomic E-state index is -3.62. The van der Waals surface area contributed by atoms with E-state index in [1.165, 1.54) is 54.7 Å². The number of hydrogen-bond donors (Lipinski definition) is 2. The average molecular weight is 480 g/mol. The van der Waals surface area contributed by atoms with E-state index in [0.717, 1.165) is 14.8 Å². The lowest BCUT2D eigenvalue weighted by atomic mass is 10.2. The number of halogens is 1. The number of carbonyl (C=O) groups is 1. The molecule has 1 aromatic heterocycles. The molecule has 1 aliphatic carbocycles. The number of nitrogens with one attached hydrogen (secondary N) is 2. The van der Waals surface area contributed by atoms with Crippen molar-refractivity contribution in [3.8, 4) is 16.3 Å². The molecular formula is C20H18FN3O4S3. The maximum Gasteiger partial charge on any atom is 0.264 e. The lowest BCUT2D eigenvalue weighted by molar-refractivity contribution is 0.0981. The van der Waals surface area contributed by atoms with E-state index >= 15 is 0 Å². The zero-order valence-electron chi connectivity index (χ0n) is 16.3. The molecule has 3 aromatic rings. The maximum atomic E-state index is 13.1. The Bertz CT molecular complexity index is 1210. The third kappa shape index (κ3) is 5.17. The third-order valence-corrected chi connectivity index (χ3v) is 8.29. The van der Waals surface area contributed by atoms with E-state index in [9.17, 15) is 17.6 Å². The molecule has 162 valence electrons. The van der Waals surface area contributed by atoms with E-state index in [0.29, 0.717) is 24.3 Å². The Hall–Kier alpha value is -2.63. The van der Waals surface area contributed by atoms with Crippen LogP contribution in [0.3, 0.4) is 0 Å². The normalized spacial score (nSPS) is 13.6. The van der Waals surface area contributed by atoms with Gasteiger partial charge in [0.05, 0.1) is 24.2 Å². The zero-order valence-corrected chi connectivity index (χ0v) is 18.7. The molecule has 0 radical (unpaired) electrons. The van der Waals surface area contributed by atoms with E-state index in [1.807, 2.05) is 0 Å². The summed E-state index contributed by atoms with van der Waals surface area (Å²) < 4.78 is 48.5. The SMILES string of the molecule is COc1cc(C(=O)NS(=O)(=O)C2CC2)ccc1NSc1cnc(-c2ccc(F)cc2)s1. The molecule has 0 aliphatic heterocycles. The number of methoxy groups -OCH3 is 1. The largest absolute Gasteiger partial charge is 0.495 e. The summed E-state index contributed by atoms with van der Waals surface area (Å²) in [6.45, 7) is 0. The Labute approximate surface area is 187 Å². The highest BCUT2D eigenvalue weighted by atomic mass is 32.2. The average Bonchev–Trinajstić information content (AvgIpc) is 3.52. The number of benzene rings is 2. The van der Waals surface area contributed by atoms with Gasteiger partial charge >= 0.3 is 0 Å². The van der Waals surface area contributed by atoms with Crippen LogP contribution in [0, 0.1) is 5.82 Å². The molecule has 0 unspecified atom stereocenters. The van der Waals surface area contributed by atoms with Gasteiger partial charge in [0.15, 0.2) is 0 Å². The molecule has 2 aromatic carbocycles. The quantitative estimate of drug-likeness (QED) is 0.465. The summed E-state index contributed by atoms with van der Waals surface area (Å²) in [5, 5.41) is 0.287. The van der Waals surface area contributed by atoms with Crippen molar-refractivity contribution in [1.82, 2.24) is 9.71 Å². The van der Waals surface area contributed by atoms with Crippen molar-refractivity contribution in [2.45, 2.75) is 22.3 Å². The molecule has 1 fully saturated rings. The first-order valence-electron chi connectivity index (χ1n) is 9.24. The number of thiazole rings is 1. The molecule has 11 heteroatoms. The number of hydrogen-bond acceptors (Lipinski definition) is 8. The van der Waals surface area contributed by atoms with Gasteiger partial charge in [-0.25, -0.2) is 22.5 Å². The Morgan fingerprint density at radius 3 is 2.65 bits per heavy atom. The fourth-order valence-electron chi connectivity index (χ4n) is 2.70. The summed E-state index contributed by atoms with van der Waals surface area (Å²) >= 11 is 2.76. The fraction of sp³-hybridized carbons (Fsp3) is 0.200. The van der Waals surface area contributed by atoms with Gasteiger partial charge in [-0.3, -0.25) is 4.79 Å². The molecule has 2 N–H and O–H groups in total. The number of rotatable bonds is 8. The number of sulfonamides is 1. The molecule has 1 aliphatic rings. The first kappa shape index (κ1) is 21.6. The second-order valence-electron chi connectivity index (χ2n) is 6.79. The smallest absolute Gasteiger partial charge is 0.264 e. The third-order valence-electron chi connectivity index (χ3n) is 4.50. The lowest BCUT2D eigenvalue weighted by Gasteiger charge is -2.12. The predicted octanol–water partition coefficient (Wildman–Crippen LogP) is 4.30. The number of amides is 1. The van der Waals surface area contributed by atoms with Crippen LogP contribution in [0.25, 0.3) is 10.6 Å². The first-order valence-corrected chi connectivity index (χ1v) is 12.4. The molecule has 0 spiro atoms. The lowest BCUT2D eigenvalue weighted by Crippen LogP contribution is -2.33. The van der Waals surface area contributed by atoms with Crippen LogP contribution in [0.5, 0.6) is 5.75 Å². The van der Waals surface area contributed by atoms with Gasteiger partial charge in [0.2, 0.25) is 10.0 Å². The van der Waals surface area contributed by atoms with Crippen LogP contribution in [-0.2, 0) is 10.0 Å². The summed E-state index contributed by atoms with van der Waals surface area (Å²) in [5.74, 6) is -0.589. The molecule has 0 atom stereocenters. The van der Waals surface area contributed by atoms with Crippen molar-refractivity contribution in [3.63, 3.8) is 0 Å². The number of carbonyl (C=O) groups excluding carboxylic acids is 1. The molecule has 1 amide bonds. The summed E-state index contributed by atoms with van der Waals surface area (Å²) in [5.41, 5.74) is 1.63. The summed E-state index contributed by atoms with van der Waals surface area (Å²) in [7, 11) is -2.15. The van der Waals surface area contributed by atoms with Crippen molar-refractivity contribution in [3.05, 3.63) is 60.0 Å². The fourth-order valence-corrected chi connectivity index (χ4v) is 5.67. The van der Waals surface area contributed by atoms with Crippen molar-refractivity contribution in [2.24, 2.45) is 0 Å². The number of ether oxygens (including phenoxy) is 1. The Kier molecular flexibility index (Phi) is 6.17. The second kappa shape index (κ2) is 8.85. The van der Waals surface area contributed by atoms with Crippen LogP contribution >= 0.6 is 23.3 Å². The highest BCUT2D eigenvalue weighted by Crippen LogP contribution is 2.35. The van der Waals surface area contributed by atoms with Gasteiger partial charge < -0.3 is 9.46 Å². The van der Waals surface area contributed by atoms with E-state index in [2.05, 4.69) is 14.4 Å². The minimum absolute atomic E-state index is 0.188. The molecule has 4 rings (SSSR count). The van der Waals surface area contributed by atoms with Crippen LogP contribution < -0.4 is 14.2 Å². The molecule has 0 bridgehead atoms. The standard InChI is InChI=1S/C20H18FN3O4S3/c1-28-17-10-13(19(25)24-31(26,27)15-7-8-15)4-9-16(17)23-30-18-11-22-20(29-18)12-2-5-14(21)6-3-12/h2-6,9-11,15,23H,7-8H2,1H3,(H,24,25). The topological polar surface area (TPSA) is 97.4 Å². The number of anilines is 1. The van der Waals surface area contributed by atoms with Crippen molar-refractivity contribution < 1.29 is 22.3 Å². The predicted molar refractivity (Wildman–Crippen MR) is 119 cm³/mol. The highest BCUT2D eigenvalue weighted by molar-refractivity contribution is 8.02. The Balaban J connectivity index is 1.43. The Morgan fingerprint density at radius 1 is 1.23 bits per heavy atom. The van der Waals surface area contributed by atoms with Gasteiger partial charge in [-0.2, -0.15) is 0 Å². The van der Waals surface area contributed by atoms with Gasteiger partial charge in [-0.1, -0.05) is 0 Å². The first-order chi connectivity index (χ1) is 14.9.